The molecule has 0 aliphatic carbocycles. The first-order valence-corrected chi connectivity index (χ1v) is 4.31. The second-order valence-corrected chi connectivity index (χ2v) is 3.26. The molecule has 2 fully saturated rings. The molecule has 2 saturated heterocycles. The van der Waals surface area contributed by atoms with Crippen LogP contribution in [0.1, 0.15) is 25.7 Å². The van der Waals surface area contributed by atoms with E-state index in [4.69, 9.17) is 9.47 Å². The van der Waals surface area contributed by atoms with Crippen LogP contribution in [0.5, 0.6) is 0 Å². The van der Waals surface area contributed by atoms with Crippen LogP contribution in [0, 0.1) is 0 Å². The molecule has 2 heterocycles. The van der Waals surface area contributed by atoms with Gasteiger partial charge in [0.05, 0.1) is 12.2 Å². The van der Waals surface area contributed by atoms with E-state index in [1.807, 2.05) is 0 Å². The van der Waals surface area contributed by atoms with Crippen LogP contribution in [0.3, 0.4) is 0 Å². The van der Waals surface area contributed by atoms with Crippen LogP contribution in [-0.2, 0) is 9.47 Å². The van der Waals surface area contributed by atoms with E-state index in [1.54, 1.807) is 0 Å². The second kappa shape index (κ2) is 3.09. The quantitative estimate of drug-likeness (QED) is 0.563. The van der Waals surface area contributed by atoms with E-state index < -0.39 is 6.29 Å². The van der Waals surface area contributed by atoms with E-state index in [9.17, 15) is 5.11 Å². The lowest BCUT2D eigenvalue weighted by molar-refractivity contribution is -0.223. The Hall–Kier alpha value is -0.120. The van der Waals surface area contributed by atoms with Crippen molar-refractivity contribution in [1.82, 2.24) is 0 Å². The average molecular weight is 158 g/mol. The normalized spacial score (nSPS) is 45.0. The van der Waals surface area contributed by atoms with Crippen LogP contribution in [-0.4, -0.2) is 30.2 Å². The van der Waals surface area contributed by atoms with Crippen molar-refractivity contribution in [3.63, 3.8) is 0 Å². The minimum absolute atomic E-state index is 0.160. The van der Waals surface area contributed by atoms with Crippen LogP contribution in [0.15, 0.2) is 0 Å². The SMILES string of the molecule is OC1CC[C@H]2OCCC[C@@H]2O1. The lowest BCUT2D eigenvalue weighted by Crippen LogP contribution is -2.43. The van der Waals surface area contributed by atoms with Crippen LogP contribution < -0.4 is 0 Å². The summed E-state index contributed by atoms with van der Waals surface area (Å²) >= 11 is 0. The topological polar surface area (TPSA) is 38.7 Å². The lowest BCUT2D eigenvalue weighted by atomic mass is 9.98. The van der Waals surface area contributed by atoms with Gasteiger partial charge in [0, 0.05) is 13.0 Å². The Labute approximate surface area is 66.3 Å². The Kier molecular flexibility index (Phi) is 2.11. The van der Waals surface area contributed by atoms with Gasteiger partial charge in [-0.1, -0.05) is 0 Å². The highest BCUT2D eigenvalue weighted by molar-refractivity contribution is 4.79. The summed E-state index contributed by atoms with van der Waals surface area (Å²) < 4.78 is 10.8. The molecule has 0 amide bonds. The number of rotatable bonds is 0. The fourth-order valence-electron chi connectivity index (χ4n) is 1.81. The summed E-state index contributed by atoms with van der Waals surface area (Å²) in [5.74, 6) is 0. The van der Waals surface area contributed by atoms with Crippen LogP contribution >= 0.6 is 0 Å². The van der Waals surface area contributed by atoms with Gasteiger partial charge in [-0.25, -0.2) is 0 Å². The molecule has 0 aromatic rings. The summed E-state index contributed by atoms with van der Waals surface area (Å²) in [6.07, 6.45) is 3.65. The van der Waals surface area contributed by atoms with Crippen molar-refractivity contribution in [2.24, 2.45) is 0 Å². The third-order valence-electron chi connectivity index (χ3n) is 2.41. The van der Waals surface area contributed by atoms with E-state index in [2.05, 4.69) is 0 Å². The monoisotopic (exact) mass is 158 g/mol. The van der Waals surface area contributed by atoms with Gasteiger partial charge in [0.1, 0.15) is 0 Å². The van der Waals surface area contributed by atoms with Gasteiger partial charge in [0.2, 0.25) is 0 Å². The van der Waals surface area contributed by atoms with Gasteiger partial charge in [-0.2, -0.15) is 0 Å². The Morgan fingerprint density at radius 2 is 2.00 bits per heavy atom. The molecular formula is C8H14O3. The molecule has 3 nitrogen and oxygen atoms in total. The molecule has 0 radical (unpaired) electrons. The highest BCUT2D eigenvalue weighted by Gasteiger charge is 2.32. The Balaban J connectivity index is 1.93. The van der Waals surface area contributed by atoms with Crippen LogP contribution in [0.4, 0.5) is 0 Å². The van der Waals surface area contributed by atoms with Gasteiger partial charge in [0.15, 0.2) is 6.29 Å². The molecule has 1 unspecified atom stereocenters. The molecule has 1 N–H and O–H groups in total. The minimum Gasteiger partial charge on any atom is -0.376 e. The maximum absolute atomic E-state index is 9.17. The number of hydrogen-bond donors (Lipinski definition) is 1. The van der Waals surface area contributed by atoms with Crippen molar-refractivity contribution >= 4 is 0 Å². The summed E-state index contributed by atoms with van der Waals surface area (Å²) in [6.45, 7) is 0.862. The zero-order valence-corrected chi connectivity index (χ0v) is 6.53. The van der Waals surface area contributed by atoms with E-state index in [0.29, 0.717) is 0 Å². The molecule has 0 saturated carbocycles. The number of fused-ring (bicyclic) bond motifs is 1. The molecule has 2 rings (SSSR count). The summed E-state index contributed by atoms with van der Waals surface area (Å²) in [5, 5.41) is 9.17. The molecule has 11 heavy (non-hydrogen) atoms. The Bertz CT molecular complexity index is 137. The van der Waals surface area contributed by atoms with E-state index in [1.165, 1.54) is 0 Å². The zero-order valence-electron chi connectivity index (χ0n) is 6.53. The van der Waals surface area contributed by atoms with Crippen LogP contribution in [0.2, 0.25) is 0 Å². The predicted molar refractivity (Wildman–Crippen MR) is 39.1 cm³/mol. The summed E-state index contributed by atoms with van der Waals surface area (Å²) in [5.41, 5.74) is 0. The average Bonchev–Trinajstić information content (AvgIpc) is 2.04. The minimum atomic E-state index is -0.544. The number of hydrogen-bond acceptors (Lipinski definition) is 3. The molecule has 3 atom stereocenters. The van der Waals surface area contributed by atoms with Crippen molar-refractivity contribution in [3.8, 4) is 0 Å². The first-order valence-electron chi connectivity index (χ1n) is 4.31. The number of aliphatic hydroxyl groups excluding tert-OH is 1. The first kappa shape index (κ1) is 7.53. The maximum Gasteiger partial charge on any atom is 0.155 e. The van der Waals surface area contributed by atoms with Gasteiger partial charge in [-0.05, 0) is 19.3 Å². The standard InChI is InChI=1S/C8H14O3/c9-8-4-3-6-7(11-8)2-1-5-10-6/h6-9H,1-5H2/t6-,7+,8?/m1/s1. The van der Waals surface area contributed by atoms with E-state index in [0.717, 1.165) is 32.3 Å². The third-order valence-corrected chi connectivity index (χ3v) is 2.41. The number of aliphatic hydroxyl groups is 1. The van der Waals surface area contributed by atoms with Gasteiger partial charge < -0.3 is 14.6 Å². The van der Waals surface area contributed by atoms with Crippen molar-refractivity contribution in [1.29, 1.82) is 0 Å². The van der Waals surface area contributed by atoms with Gasteiger partial charge in [0.25, 0.3) is 0 Å². The van der Waals surface area contributed by atoms with Crippen molar-refractivity contribution < 1.29 is 14.6 Å². The fourth-order valence-corrected chi connectivity index (χ4v) is 1.81. The molecule has 0 aromatic heterocycles. The number of ether oxygens (including phenoxy) is 2. The Morgan fingerprint density at radius 3 is 2.91 bits per heavy atom. The largest absolute Gasteiger partial charge is 0.376 e. The molecule has 0 spiro atoms. The summed E-state index contributed by atoms with van der Waals surface area (Å²) in [7, 11) is 0. The smallest absolute Gasteiger partial charge is 0.155 e. The fraction of sp³-hybridized carbons (Fsp3) is 1.00. The van der Waals surface area contributed by atoms with E-state index in [-0.39, 0.29) is 12.2 Å². The summed E-state index contributed by atoms with van der Waals surface area (Å²) in [6, 6.07) is 0. The Morgan fingerprint density at radius 1 is 1.09 bits per heavy atom. The first-order chi connectivity index (χ1) is 5.36. The van der Waals surface area contributed by atoms with Crippen molar-refractivity contribution in [2.75, 3.05) is 6.61 Å². The molecule has 2 aliphatic heterocycles. The van der Waals surface area contributed by atoms with Gasteiger partial charge >= 0.3 is 0 Å². The molecular weight excluding hydrogens is 144 g/mol. The second-order valence-electron chi connectivity index (χ2n) is 3.26. The van der Waals surface area contributed by atoms with Crippen molar-refractivity contribution in [2.45, 2.75) is 44.2 Å². The van der Waals surface area contributed by atoms with Gasteiger partial charge in [-0.15, -0.1) is 0 Å². The highest BCUT2D eigenvalue weighted by atomic mass is 16.6. The molecule has 64 valence electrons. The maximum atomic E-state index is 9.17. The zero-order chi connectivity index (χ0) is 7.68. The van der Waals surface area contributed by atoms with Crippen molar-refractivity contribution in [3.05, 3.63) is 0 Å². The molecule has 0 aromatic carbocycles. The summed E-state index contributed by atoms with van der Waals surface area (Å²) in [4.78, 5) is 0. The van der Waals surface area contributed by atoms with Crippen LogP contribution in [0.25, 0.3) is 0 Å². The lowest BCUT2D eigenvalue weighted by Gasteiger charge is -2.37. The molecule has 2 aliphatic rings. The highest BCUT2D eigenvalue weighted by Crippen LogP contribution is 2.27. The predicted octanol–water partition coefficient (Wildman–Crippen LogP) is 0.663. The van der Waals surface area contributed by atoms with E-state index >= 15 is 0 Å². The third kappa shape index (κ3) is 1.55. The van der Waals surface area contributed by atoms with Gasteiger partial charge in [-0.3, -0.25) is 0 Å². The molecule has 3 heteroatoms. The molecule has 0 bridgehead atoms.